The average molecular weight is 280 g/mol. The summed E-state index contributed by atoms with van der Waals surface area (Å²) in [4.78, 5) is 25.0. The van der Waals surface area contributed by atoms with Gasteiger partial charge in [-0.05, 0) is 31.9 Å². The van der Waals surface area contributed by atoms with Crippen molar-refractivity contribution in [2.24, 2.45) is 0 Å². The number of carboxylic acid groups (broad SMARTS) is 1. The van der Waals surface area contributed by atoms with Gasteiger partial charge in [0.2, 0.25) is 0 Å². The van der Waals surface area contributed by atoms with Gasteiger partial charge in [0.15, 0.2) is 0 Å². The second-order valence-corrected chi connectivity index (χ2v) is 5.39. The average Bonchev–Trinajstić information content (AvgIpc) is 2.99. The number of furan rings is 1. The first-order chi connectivity index (χ1) is 9.43. The molecule has 1 aromatic heterocycles. The van der Waals surface area contributed by atoms with Crippen molar-refractivity contribution in [3.8, 4) is 0 Å². The van der Waals surface area contributed by atoms with Gasteiger partial charge in [-0.25, -0.2) is 9.59 Å². The van der Waals surface area contributed by atoms with Crippen molar-refractivity contribution in [3.63, 3.8) is 0 Å². The van der Waals surface area contributed by atoms with E-state index < -0.39 is 11.5 Å². The van der Waals surface area contributed by atoms with Crippen molar-refractivity contribution in [2.45, 2.75) is 44.7 Å². The maximum Gasteiger partial charge on any atom is 0.329 e. The Morgan fingerprint density at radius 2 is 2.05 bits per heavy atom. The summed E-state index contributed by atoms with van der Waals surface area (Å²) < 4.78 is 5.41. The number of nitrogens with zero attached hydrogens (tertiary/aromatic N) is 1. The normalized spacial score (nSPS) is 16.9. The predicted molar refractivity (Wildman–Crippen MR) is 72.3 cm³/mol. The van der Waals surface area contributed by atoms with Crippen LogP contribution in [0.2, 0.25) is 0 Å². The maximum atomic E-state index is 12.1. The molecule has 6 heteroatoms. The SMILES string of the molecule is Cc1ccc(CN(C)C(=O)NC2(C(=O)O)CCCC2)o1. The van der Waals surface area contributed by atoms with E-state index in [0.29, 0.717) is 25.1 Å². The van der Waals surface area contributed by atoms with E-state index in [1.165, 1.54) is 4.90 Å². The lowest BCUT2D eigenvalue weighted by molar-refractivity contribution is -0.144. The minimum absolute atomic E-state index is 0.315. The molecule has 1 aliphatic rings. The number of urea groups is 1. The number of amides is 2. The Labute approximate surface area is 117 Å². The van der Waals surface area contributed by atoms with E-state index in [9.17, 15) is 14.7 Å². The third kappa shape index (κ3) is 2.95. The third-order valence-corrected chi connectivity index (χ3v) is 3.75. The fraction of sp³-hybridized carbons (Fsp3) is 0.571. The highest BCUT2D eigenvalue weighted by Crippen LogP contribution is 2.30. The van der Waals surface area contributed by atoms with Gasteiger partial charge in [-0.3, -0.25) is 0 Å². The third-order valence-electron chi connectivity index (χ3n) is 3.75. The molecule has 0 saturated heterocycles. The molecule has 6 nitrogen and oxygen atoms in total. The molecule has 1 fully saturated rings. The molecule has 1 saturated carbocycles. The van der Waals surface area contributed by atoms with Gasteiger partial charge in [-0.1, -0.05) is 12.8 Å². The summed E-state index contributed by atoms with van der Waals surface area (Å²) in [5, 5.41) is 12.0. The Morgan fingerprint density at radius 3 is 2.55 bits per heavy atom. The van der Waals surface area contributed by atoms with Crippen molar-refractivity contribution in [3.05, 3.63) is 23.7 Å². The zero-order valence-electron chi connectivity index (χ0n) is 11.8. The molecular formula is C14H20N2O4. The molecule has 0 aliphatic heterocycles. The fourth-order valence-electron chi connectivity index (χ4n) is 2.55. The number of aryl methyl sites for hydroxylation is 1. The van der Waals surface area contributed by atoms with Crippen LogP contribution in [0.3, 0.4) is 0 Å². The molecule has 1 aromatic rings. The lowest BCUT2D eigenvalue weighted by Gasteiger charge is -2.28. The van der Waals surface area contributed by atoms with Gasteiger partial charge in [0.1, 0.15) is 17.1 Å². The summed E-state index contributed by atoms with van der Waals surface area (Å²) in [7, 11) is 1.62. The Morgan fingerprint density at radius 1 is 1.40 bits per heavy atom. The second-order valence-electron chi connectivity index (χ2n) is 5.39. The van der Waals surface area contributed by atoms with Gasteiger partial charge >= 0.3 is 12.0 Å². The molecule has 2 amide bonds. The highest BCUT2D eigenvalue weighted by molar-refractivity contribution is 5.86. The molecular weight excluding hydrogens is 260 g/mol. The molecule has 0 atom stereocenters. The Kier molecular flexibility index (Phi) is 4.01. The lowest BCUT2D eigenvalue weighted by atomic mass is 9.98. The Balaban J connectivity index is 1.98. The molecule has 0 radical (unpaired) electrons. The number of carbonyl (C=O) groups is 2. The number of hydrogen-bond donors (Lipinski definition) is 2. The van der Waals surface area contributed by atoms with E-state index in [1.807, 2.05) is 19.1 Å². The van der Waals surface area contributed by atoms with Crippen molar-refractivity contribution in [1.29, 1.82) is 0 Å². The summed E-state index contributed by atoms with van der Waals surface area (Å²) in [6.07, 6.45) is 2.63. The van der Waals surface area contributed by atoms with Crippen molar-refractivity contribution in [1.82, 2.24) is 10.2 Å². The van der Waals surface area contributed by atoms with Gasteiger partial charge in [-0.2, -0.15) is 0 Å². The minimum Gasteiger partial charge on any atom is -0.480 e. The molecule has 0 aromatic carbocycles. The molecule has 0 unspecified atom stereocenters. The number of nitrogens with one attached hydrogen (secondary N) is 1. The van der Waals surface area contributed by atoms with Crippen LogP contribution in [0.4, 0.5) is 4.79 Å². The van der Waals surface area contributed by atoms with Gasteiger partial charge in [0.05, 0.1) is 6.54 Å². The lowest BCUT2D eigenvalue weighted by Crippen LogP contribution is -2.55. The van der Waals surface area contributed by atoms with Crippen LogP contribution >= 0.6 is 0 Å². The van der Waals surface area contributed by atoms with Crippen LogP contribution in [0.5, 0.6) is 0 Å². The molecule has 1 aliphatic carbocycles. The van der Waals surface area contributed by atoms with Crippen LogP contribution in [0.15, 0.2) is 16.5 Å². The number of carbonyl (C=O) groups excluding carboxylic acids is 1. The second kappa shape index (κ2) is 5.56. The largest absolute Gasteiger partial charge is 0.480 e. The zero-order valence-corrected chi connectivity index (χ0v) is 11.8. The van der Waals surface area contributed by atoms with Crippen LogP contribution < -0.4 is 5.32 Å². The first kappa shape index (κ1) is 14.4. The standard InChI is InChI=1S/C14H20N2O4/c1-10-5-6-11(20-10)9-16(2)13(19)15-14(12(17)18)7-3-4-8-14/h5-6H,3-4,7-9H2,1-2H3,(H,15,19)(H,17,18). The van der Waals surface area contributed by atoms with E-state index in [2.05, 4.69) is 5.32 Å². The molecule has 2 N–H and O–H groups in total. The van der Waals surface area contributed by atoms with Crippen LogP contribution in [-0.2, 0) is 11.3 Å². The fourth-order valence-corrected chi connectivity index (χ4v) is 2.55. The monoisotopic (exact) mass is 280 g/mol. The maximum absolute atomic E-state index is 12.1. The number of rotatable bonds is 4. The molecule has 0 bridgehead atoms. The van der Waals surface area contributed by atoms with E-state index >= 15 is 0 Å². The Hall–Kier alpha value is -1.98. The van der Waals surface area contributed by atoms with Crippen LogP contribution in [0.25, 0.3) is 0 Å². The summed E-state index contributed by atoms with van der Waals surface area (Å²) in [5.74, 6) is 0.508. The number of hydrogen-bond acceptors (Lipinski definition) is 3. The minimum atomic E-state index is -1.11. The smallest absolute Gasteiger partial charge is 0.329 e. The topological polar surface area (TPSA) is 82.8 Å². The summed E-state index contributed by atoms with van der Waals surface area (Å²) in [6, 6.07) is 3.25. The van der Waals surface area contributed by atoms with Gasteiger partial charge in [0.25, 0.3) is 0 Å². The van der Waals surface area contributed by atoms with Crippen molar-refractivity contribution in [2.75, 3.05) is 7.05 Å². The molecule has 2 rings (SSSR count). The van der Waals surface area contributed by atoms with Gasteiger partial charge in [0, 0.05) is 7.05 Å². The van der Waals surface area contributed by atoms with Gasteiger partial charge in [-0.15, -0.1) is 0 Å². The highest BCUT2D eigenvalue weighted by atomic mass is 16.4. The zero-order chi connectivity index (χ0) is 14.8. The predicted octanol–water partition coefficient (Wildman–Crippen LogP) is 2.13. The van der Waals surface area contributed by atoms with E-state index in [4.69, 9.17) is 4.42 Å². The number of carboxylic acids is 1. The Bertz CT molecular complexity index is 503. The highest BCUT2D eigenvalue weighted by Gasteiger charge is 2.43. The molecule has 110 valence electrons. The molecule has 1 heterocycles. The quantitative estimate of drug-likeness (QED) is 0.885. The summed E-state index contributed by atoms with van der Waals surface area (Å²) in [6.45, 7) is 2.15. The van der Waals surface area contributed by atoms with Crippen molar-refractivity contribution >= 4 is 12.0 Å². The molecule has 20 heavy (non-hydrogen) atoms. The van der Waals surface area contributed by atoms with Gasteiger partial charge < -0.3 is 19.7 Å². The summed E-state index contributed by atoms with van der Waals surface area (Å²) >= 11 is 0. The van der Waals surface area contributed by atoms with Crippen LogP contribution in [-0.4, -0.2) is 34.6 Å². The number of aliphatic carboxylic acids is 1. The van der Waals surface area contributed by atoms with E-state index in [1.54, 1.807) is 7.05 Å². The van der Waals surface area contributed by atoms with Crippen LogP contribution in [0.1, 0.15) is 37.2 Å². The molecule has 0 spiro atoms. The van der Waals surface area contributed by atoms with Crippen LogP contribution in [0, 0.1) is 6.92 Å². The van der Waals surface area contributed by atoms with Crippen molar-refractivity contribution < 1.29 is 19.1 Å². The first-order valence-electron chi connectivity index (χ1n) is 6.75. The summed E-state index contributed by atoms with van der Waals surface area (Å²) in [5.41, 5.74) is -1.11. The van der Waals surface area contributed by atoms with E-state index in [0.717, 1.165) is 18.6 Å². The van der Waals surface area contributed by atoms with E-state index in [-0.39, 0.29) is 6.03 Å². The first-order valence-corrected chi connectivity index (χ1v) is 6.75.